The SMILES string of the molecule is CCCONC1CNC1. The molecular formula is C6H14N2O. The van der Waals surface area contributed by atoms with Gasteiger partial charge in [0.25, 0.3) is 0 Å². The standard InChI is InChI=1S/C6H14N2O/c1-2-3-9-8-6-4-7-5-6/h6-8H,2-5H2,1H3. The summed E-state index contributed by atoms with van der Waals surface area (Å²) in [5.74, 6) is 0. The lowest BCUT2D eigenvalue weighted by molar-refractivity contribution is 0.00397. The Labute approximate surface area is 55.7 Å². The fourth-order valence-electron chi connectivity index (χ4n) is 0.651. The molecule has 2 N–H and O–H groups in total. The molecule has 1 aliphatic rings. The van der Waals surface area contributed by atoms with Crippen LogP contribution < -0.4 is 10.8 Å². The van der Waals surface area contributed by atoms with Gasteiger partial charge >= 0.3 is 0 Å². The van der Waals surface area contributed by atoms with Gasteiger partial charge in [0, 0.05) is 13.1 Å². The van der Waals surface area contributed by atoms with Crippen molar-refractivity contribution in [3.8, 4) is 0 Å². The number of hydroxylamine groups is 1. The molecule has 0 amide bonds. The summed E-state index contributed by atoms with van der Waals surface area (Å²) in [6.45, 7) is 5.00. The summed E-state index contributed by atoms with van der Waals surface area (Å²) >= 11 is 0. The molecule has 1 fully saturated rings. The van der Waals surface area contributed by atoms with E-state index < -0.39 is 0 Å². The molecule has 0 atom stereocenters. The van der Waals surface area contributed by atoms with Gasteiger partial charge in [-0.1, -0.05) is 6.92 Å². The van der Waals surface area contributed by atoms with E-state index in [2.05, 4.69) is 17.7 Å². The summed E-state index contributed by atoms with van der Waals surface area (Å²) < 4.78 is 0. The highest BCUT2D eigenvalue weighted by molar-refractivity contribution is 4.77. The van der Waals surface area contributed by atoms with Crippen molar-refractivity contribution in [1.82, 2.24) is 10.8 Å². The first kappa shape index (κ1) is 6.99. The van der Waals surface area contributed by atoms with Crippen molar-refractivity contribution in [2.45, 2.75) is 19.4 Å². The van der Waals surface area contributed by atoms with Crippen LogP contribution in [0.5, 0.6) is 0 Å². The van der Waals surface area contributed by atoms with Gasteiger partial charge in [0.15, 0.2) is 0 Å². The van der Waals surface area contributed by atoms with E-state index in [9.17, 15) is 0 Å². The number of hydrogen-bond acceptors (Lipinski definition) is 3. The second-order valence-corrected chi connectivity index (χ2v) is 2.32. The van der Waals surface area contributed by atoms with Crippen LogP contribution in [0.4, 0.5) is 0 Å². The van der Waals surface area contributed by atoms with Gasteiger partial charge in [-0.05, 0) is 6.42 Å². The van der Waals surface area contributed by atoms with Crippen molar-refractivity contribution >= 4 is 0 Å². The van der Waals surface area contributed by atoms with Crippen LogP contribution >= 0.6 is 0 Å². The first-order valence-corrected chi connectivity index (χ1v) is 3.51. The Hall–Kier alpha value is -0.120. The molecule has 1 rings (SSSR count). The number of rotatable bonds is 4. The maximum Gasteiger partial charge on any atom is 0.0679 e. The Morgan fingerprint density at radius 2 is 2.44 bits per heavy atom. The molecule has 0 aromatic rings. The minimum absolute atomic E-state index is 0.552. The van der Waals surface area contributed by atoms with E-state index in [0.29, 0.717) is 6.04 Å². The molecule has 3 heteroatoms. The normalized spacial score (nSPS) is 19.7. The Morgan fingerprint density at radius 3 is 2.89 bits per heavy atom. The van der Waals surface area contributed by atoms with Crippen LogP contribution in [-0.2, 0) is 4.84 Å². The molecule has 0 bridgehead atoms. The monoisotopic (exact) mass is 130 g/mol. The maximum atomic E-state index is 5.10. The topological polar surface area (TPSA) is 33.3 Å². The van der Waals surface area contributed by atoms with E-state index >= 15 is 0 Å². The van der Waals surface area contributed by atoms with Gasteiger partial charge in [-0.2, -0.15) is 5.48 Å². The molecule has 0 radical (unpaired) electrons. The summed E-state index contributed by atoms with van der Waals surface area (Å²) in [4.78, 5) is 5.10. The smallest absolute Gasteiger partial charge is 0.0679 e. The van der Waals surface area contributed by atoms with Crippen LogP contribution in [-0.4, -0.2) is 25.7 Å². The zero-order valence-electron chi connectivity index (χ0n) is 5.81. The van der Waals surface area contributed by atoms with Crippen LogP contribution in [0, 0.1) is 0 Å². The third-order valence-electron chi connectivity index (χ3n) is 1.34. The quantitative estimate of drug-likeness (QED) is 0.411. The summed E-state index contributed by atoms with van der Waals surface area (Å²) in [7, 11) is 0. The van der Waals surface area contributed by atoms with Crippen molar-refractivity contribution in [1.29, 1.82) is 0 Å². The predicted octanol–water partition coefficient (Wildman–Crippen LogP) is -0.111. The van der Waals surface area contributed by atoms with Crippen molar-refractivity contribution in [3.63, 3.8) is 0 Å². The zero-order valence-corrected chi connectivity index (χ0v) is 5.81. The third kappa shape index (κ3) is 2.30. The van der Waals surface area contributed by atoms with Crippen LogP contribution in [0.15, 0.2) is 0 Å². The van der Waals surface area contributed by atoms with Crippen LogP contribution in [0.2, 0.25) is 0 Å². The van der Waals surface area contributed by atoms with E-state index in [1.54, 1.807) is 0 Å². The van der Waals surface area contributed by atoms with E-state index in [1.807, 2.05) is 0 Å². The fraction of sp³-hybridized carbons (Fsp3) is 1.00. The molecule has 3 nitrogen and oxygen atoms in total. The number of hydrogen-bond donors (Lipinski definition) is 2. The lowest BCUT2D eigenvalue weighted by Crippen LogP contribution is -2.55. The molecule has 1 aliphatic heterocycles. The highest BCUT2D eigenvalue weighted by Crippen LogP contribution is 1.89. The van der Waals surface area contributed by atoms with Crippen molar-refractivity contribution in [2.24, 2.45) is 0 Å². The maximum absolute atomic E-state index is 5.10. The minimum Gasteiger partial charge on any atom is -0.313 e. The Balaban J connectivity index is 1.80. The van der Waals surface area contributed by atoms with Crippen molar-refractivity contribution in [2.75, 3.05) is 19.7 Å². The van der Waals surface area contributed by atoms with Gasteiger partial charge in [0.2, 0.25) is 0 Å². The van der Waals surface area contributed by atoms with Gasteiger partial charge in [0.1, 0.15) is 0 Å². The molecule has 9 heavy (non-hydrogen) atoms. The van der Waals surface area contributed by atoms with Crippen LogP contribution in [0.1, 0.15) is 13.3 Å². The van der Waals surface area contributed by atoms with E-state index in [0.717, 1.165) is 26.1 Å². The highest BCUT2D eigenvalue weighted by Gasteiger charge is 2.15. The molecule has 0 spiro atoms. The molecule has 0 saturated carbocycles. The number of nitrogens with one attached hydrogen (secondary N) is 2. The lowest BCUT2D eigenvalue weighted by atomic mass is 10.2. The van der Waals surface area contributed by atoms with E-state index in [1.165, 1.54) is 0 Å². The summed E-state index contributed by atoms with van der Waals surface area (Å²) in [5.41, 5.74) is 2.96. The molecule has 0 unspecified atom stereocenters. The van der Waals surface area contributed by atoms with Gasteiger partial charge in [0.05, 0.1) is 12.6 Å². The van der Waals surface area contributed by atoms with Crippen LogP contribution in [0.25, 0.3) is 0 Å². The second-order valence-electron chi connectivity index (χ2n) is 2.32. The fourth-order valence-corrected chi connectivity index (χ4v) is 0.651. The first-order valence-electron chi connectivity index (χ1n) is 3.51. The summed E-state index contributed by atoms with van der Waals surface area (Å²) in [5, 5.41) is 3.15. The first-order chi connectivity index (χ1) is 4.43. The Morgan fingerprint density at radius 1 is 1.67 bits per heavy atom. The molecular weight excluding hydrogens is 116 g/mol. The summed E-state index contributed by atoms with van der Waals surface area (Å²) in [6.07, 6.45) is 1.08. The van der Waals surface area contributed by atoms with Crippen molar-refractivity contribution in [3.05, 3.63) is 0 Å². The Kier molecular flexibility index (Phi) is 2.97. The van der Waals surface area contributed by atoms with E-state index in [4.69, 9.17) is 4.84 Å². The van der Waals surface area contributed by atoms with Gasteiger partial charge in [-0.15, -0.1) is 0 Å². The molecule has 1 saturated heterocycles. The van der Waals surface area contributed by atoms with Gasteiger partial charge in [-0.25, -0.2) is 0 Å². The van der Waals surface area contributed by atoms with E-state index in [-0.39, 0.29) is 0 Å². The highest BCUT2D eigenvalue weighted by atomic mass is 16.6. The molecule has 1 heterocycles. The molecule has 0 aromatic heterocycles. The third-order valence-corrected chi connectivity index (χ3v) is 1.34. The van der Waals surface area contributed by atoms with Gasteiger partial charge in [-0.3, -0.25) is 0 Å². The van der Waals surface area contributed by atoms with Gasteiger partial charge < -0.3 is 10.2 Å². The lowest BCUT2D eigenvalue weighted by Gasteiger charge is -2.27. The molecule has 54 valence electrons. The zero-order chi connectivity index (χ0) is 6.53. The average Bonchev–Trinajstić information content (AvgIpc) is 1.76. The Bertz CT molecular complexity index is 73.5. The second kappa shape index (κ2) is 3.82. The summed E-state index contributed by atoms with van der Waals surface area (Å²) in [6, 6.07) is 0.552. The molecule has 0 aromatic carbocycles. The molecule has 0 aliphatic carbocycles. The largest absolute Gasteiger partial charge is 0.313 e. The minimum atomic E-state index is 0.552. The average molecular weight is 130 g/mol. The van der Waals surface area contributed by atoms with Crippen LogP contribution in [0.3, 0.4) is 0 Å². The van der Waals surface area contributed by atoms with Crippen molar-refractivity contribution < 1.29 is 4.84 Å². The predicted molar refractivity (Wildman–Crippen MR) is 36.0 cm³/mol.